The Morgan fingerprint density at radius 3 is 2.68 bits per heavy atom. The lowest BCUT2D eigenvalue weighted by Gasteiger charge is -2.26. The second kappa shape index (κ2) is 9.47. The number of anilines is 1. The van der Waals surface area contributed by atoms with Gasteiger partial charge in [0.2, 0.25) is 10.0 Å². The zero-order valence-electron chi connectivity index (χ0n) is 14.9. The molecule has 0 unspecified atom stereocenters. The van der Waals surface area contributed by atoms with E-state index in [-0.39, 0.29) is 0 Å². The van der Waals surface area contributed by atoms with Crippen LogP contribution in [0.4, 0.5) is 5.69 Å². The third-order valence-corrected chi connectivity index (χ3v) is 6.36. The Morgan fingerprint density at radius 1 is 1.28 bits per heavy atom. The number of methoxy groups -OCH3 is 1. The number of rotatable bonds is 7. The number of nitrogens with one attached hydrogen (secondary N) is 2. The number of nitrogens with zero attached hydrogens (tertiary/aromatic N) is 1. The summed E-state index contributed by atoms with van der Waals surface area (Å²) in [4.78, 5) is 0.310. The van der Waals surface area contributed by atoms with Crippen molar-refractivity contribution in [2.45, 2.75) is 37.5 Å². The third kappa shape index (κ3) is 5.64. The highest BCUT2D eigenvalue weighted by atomic mass is 32.2. The Labute approximate surface area is 156 Å². The topological polar surface area (TPSA) is 70.7 Å². The second-order valence-corrected chi connectivity index (χ2v) is 8.51. The molecule has 0 saturated carbocycles. The SMILES string of the molecule is COCCCNC(=S)Nc1cc(S(=O)(=O)N2CCCCC2)ccc1C. The van der Waals surface area contributed by atoms with Gasteiger partial charge in [0.15, 0.2) is 5.11 Å². The molecule has 0 radical (unpaired) electrons. The molecule has 1 heterocycles. The summed E-state index contributed by atoms with van der Waals surface area (Å²) >= 11 is 5.28. The van der Waals surface area contributed by atoms with Crippen LogP contribution in [0, 0.1) is 6.92 Å². The van der Waals surface area contributed by atoms with Crippen molar-refractivity contribution in [3.8, 4) is 0 Å². The number of hydrogen-bond acceptors (Lipinski definition) is 4. The van der Waals surface area contributed by atoms with Gasteiger partial charge in [-0.15, -0.1) is 0 Å². The number of hydrogen-bond donors (Lipinski definition) is 2. The van der Waals surface area contributed by atoms with Crippen LogP contribution in [0.25, 0.3) is 0 Å². The van der Waals surface area contributed by atoms with Crippen LogP contribution in [0.3, 0.4) is 0 Å². The molecule has 1 aromatic carbocycles. The van der Waals surface area contributed by atoms with Crippen molar-refractivity contribution < 1.29 is 13.2 Å². The van der Waals surface area contributed by atoms with Gasteiger partial charge in [0.1, 0.15) is 0 Å². The van der Waals surface area contributed by atoms with E-state index in [1.165, 1.54) is 0 Å². The van der Waals surface area contributed by atoms with E-state index in [9.17, 15) is 8.42 Å². The standard InChI is InChI=1S/C17H27N3O3S2/c1-14-7-8-15(25(21,22)20-10-4-3-5-11-20)13-16(14)19-17(24)18-9-6-12-23-2/h7-8,13H,3-6,9-12H2,1-2H3,(H2,18,19,24). The van der Waals surface area contributed by atoms with E-state index in [0.29, 0.717) is 41.9 Å². The zero-order chi connectivity index (χ0) is 18.3. The molecule has 0 aromatic heterocycles. The van der Waals surface area contributed by atoms with Crippen molar-refractivity contribution in [3.63, 3.8) is 0 Å². The first-order valence-corrected chi connectivity index (χ1v) is 10.4. The summed E-state index contributed by atoms with van der Waals surface area (Å²) in [5.41, 5.74) is 1.65. The van der Waals surface area contributed by atoms with Crippen molar-refractivity contribution in [2.24, 2.45) is 0 Å². The Hall–Kier alpha value is -1.22. The fraction of sp³-hybridized carbons (Fsp3) is 0.588. The van der Waals surface area contributed by atoms with Crippen LogP contribution in [-0.2, 0) is 14.8 Å². The molecule has 0 amide bonds. The highest BCUT2D eigenvalue weighted by molar-refractivity contribution is 7.89. The van der Waals surface area contributed by atoms with Crippen molar-refractivity contribution in [2.75, 3.05) is 38.7 Å². The molecule has 1 saturated heterocycles. The molecule has 0 atom stereocenters. The van der Waals surface area contributed by atoms with Crippen LogP contribution < -0.4 is 10.6 Å². The number of piperidine rings is 1. The minimum atomic E-state index is -3.45. The van der Waals surface area contributed by atoms with Gasteiger partial charge in [-0.05, 0) is 56.1 Å². The van der Waals surface area contributed by atoms with Gasteiger partial charge in [0.05, 0.1) is 4.90 Å². The predicted octanol–water partition coefficient (Wildman–Crippen LogP) is 2.49. The lowest BCUT2D eigenvalue weighted by molar-refractivity contribution is 0.196. The summed E-state index contributed by atoms with van der Waals surface area (Å²) in [6.07, 6.45) is 3.79. The van der Waals surface area contributed by atoms with Gasteiger partial charge in [0.25, 0.3) is 0 Å². The number of sulfonamides is 1. The summed E-state index contributed by atoms with van der Waals surface area (Å²) in [5, 5.41) is 6.67. The summed E-state index contributed by atoms with van der Waals surface area (Å²) in [6, 6.07) is 5.15. The summed E-state index contributed by atoms with van der Waals surface area (Å²) in [6.45, 7) is 4.48. The maximum absolute atomic E-state index is 12.8. The predicted molar refractivity (Wildman–Crippen MR) is 105 cm³/mol. The molecule has 1 aromatic rings. The largest absolute Gasteiger partial charge is 0.385 e. The first kappa shape index (κ1) is 20.1. The van der Waals surface area contributed by atoms with Gasteiger partial charge < -0.3 is 15.4 Å². The van der Waals surface area contributed by atoms with E-state index >= 15 is 0 Å². The van der Waals surface area contributed by atoms with E-state index in [4.69, 9.17) is 17.0 Å². The van der Waals surface area contributed by atoms with Gasteiger partial charge in [-0.2, -0.15) is 4.31 Å². The van der Waals surface area contributed by atoms with Crippen LogP contribution in [0.1, 0.15) is 31.2 Å². The van der Waals surface area contributed by atoms with E-state index < -0.39 is 10.0 Å². The molecular formula is C17H27N3O3S2. The maximum Gasteiger partial charge on any atom is 0.243 e. The number of benzene rings is 1. The van der Waals surface area contributed by atoms with Crippen LogP contribution in [0.5, 0.6) is 0 Å². The first-order chi connectivity index (χ1) is 11.9. The third-order valence-electron chi connectivity index (χ3n) is 4.22. The molecule has 140 valence electrons. The zero-order valence-corrected chi connectivity index (χ0v) is 16.5. The fourth-order valence-corrected chi connectivity index (χ4v) is 4.49. The first-order valence-electron chi connectivity index (χ1n) is 8.60. The van der Waals surface area contributed by atoms with Gasteiger partial charge in [-0.3, -0.25) is 0 Å². The normalized spacial score (nSPS) is 15.8. The molecule has 25 heavy (non-hydrogen) atoms. The van der Waals surface area contributed by atoms with Crippen molar-refractivity contribution in [1.29, 1.82) is 0 Å². The number of aryl methyl sites for hydroxylation is 1. The summed E-state index contributed by atoms with van der Waals surface area (Å²) in [7, 11) is -1.79. The van der Waals surface area contributed by atoms with Crippen LogP contribution in [0.2, 0.25) is 0 Å². The lowest BCUT2D eigenvalue weighted by atomic mass is 10.2. The molecule has 1 aliphatic rings. The molecule has 1 aliphatic heterocycles. The van der Waals surface area contributed by atoms with Crippen LogP contribution in [0.15, 0.2) is 23.1 Å². The second-order valence-electron chi connectivity index (χ2n) is 6.17. The molecule has 2 rings (SSSR count). The quantitative estimate of drug-likeness (QED) is 0.555. The smallest absolute Gasteiger partial charge is 0.243 e. The minimum Gasteiger partial charge on any atom is -0.385 e. The van der Waals surface area contributed by atoms with E-state index in [1.54, 1.807) is 23.5 Å². The number of ether oxygens (including phenoxy) is 1. The molecule has 1 fully saturated rings. The van der Waals surface area contributed by atoms with Gasteiger partial charge in [-0.1, -0.05) is 12.5 Å². The fourth-order valence-electron chi connectivity index (χ4n) is 2.74. The Bertz CT molecular complexity index is 686. The lowest BCUT2D eigenvalue weighted by Crippen LogP contribution is -2.35. The number of thiocarbonyl (C=S) groups is 1. The summed E-state index contributed by atoms with van der Waals surface area (Å²) in [5.74, 6) is 0. The molecule has 8 heteroatoms. The molecule has 0 bridgehead atoms. The van der Waals surface area contributed by atoms with Crippen LogP contribution in [-0.4, -0.2) is 51.2 Å². The van der Waals surface area contributed by atoms with Crippen molar-refractivity contribution in [3.05, 3.63) is 23.8 Å². The average molecular weight is 386 g/mol. The molecule has 0 aliphatic carbocycles. The molecular weight excluding hydrogens is 358 g/mol. The maximum atomic E-state index is 12.8. The highest BCUT2D eigenvalue weighted by Gasteiger charge is 2.26. The van der Waals surface area contributed by atoms with Gasteiger partial charge >= 0.3 is 0 Å². The molecule has 6 nitrogen and oxygen atoms in total. The molecule has 0 spiro atoms. The van der Waals surface area contributed by atoms with Gasteiger partial charge in [-0.25, -0.2) is 8.42 Å². The van der Waals surface area contributed by atoms with E-state index in [1.807, 2.05) is 13.0 Å². The molecule has 2 N–H and O–H groups in total. The van der Waals surface area contributed by atoms with Crippen molar-refractivity contribution in [1.82, 2.24) is 9.62 Å². The van der Waals surface area contributed by atoms with E-state index in [2.05, 4.69) is 10.6 Å². The monoisotopic (exact) mass is 385 g/mol. The van der Waals surface area contributed by atoms with Crippen LogP contribution >= 0.6 is 12.2 Å². The minimum absolute atomic E-state index is 0.310. The van der Waals surface area contributed by atoms with Gasteiger partial charge in [0, 0.05) is 39.0 Å². The van der Waals surface area contributed by atoms with E-state index in [0.717, 1.165) is 31.2 Å². The summed E-state index contributed by atoms with van der Waals surface area (Å²) < 4.78 is 32.2. The average Bonchev–Trinajstić information content (AvgIpc) is 2.61. The Kier molecular flexibility index (Phi) is 7.61. The highest BCUT2D eigenvalue weighted by Crippen LogP contribution is 2.25. The Morgan fingerprint density at radius 2 is 2.00 bits per heavy atom. The Balaban J connectivity index is 2.07. The van der Waals surface area contributed by atoms with Crippen molar-refractivity contribution >= 4 is 33.0 Å².